The van der Waals surface area contributed by atoms with Crippen molar-refractivity contribution in [2.45, 2.75) is 37.8 Å². The summed E-state index contributed by atoms with van der Waals surface area (Å²) in [6.45, 7) is 0. The Labute approximate surface area is 61.0 Å². The van der Waals surface area contributed by atoms with Crippen LogP contribution in [0.3, 0.4) is 0 Å². The van der Waals surface area contributed by atoms with Gasteiger partial charge in [0.2, 0.25) is 6.41 Å². The van der Waals surface area contributed by atoms with Crippen LogP contribution in [0.4, 0.5) is 0 Å². The lowest BCUT2D eigenvalue weighted by Gasteiger charge is -2.25. The molecule has 1 fully saturated rings. The molecule has 3 heteroatoms. The third-order valence-electron chi connectivity index (χ3n) is 2.08. The second-order valence-electron chi connectivity index (χ2n) is 2.90. The van der Waals surface area contributed by atoms with Crippen molar-refractivity contribution in [3.05, 3.63) is 0 Å². The number of hydrogen-bond donors (Lipinski definition) is 2. The summed E-state index contributed by atoms with van der Waals surface area (Å²) in [5.41, 5.74) is 5.68. The average Bonchev–Trinajstić information content (AvgIpc) is 1.95. The first-order valence-electron chi connectivity index (χ1n) is 3.78. The van der Waals surface area contributed by atoms with Crippen LogP contribution in [0.1, 0.15) is 25.7 Å². The van der Waals surface area contributed by atoms with E-state index in [-0.39, 0.29) is 0 Å². The molecule has 0 radical (unpaired) electrons. The van der Waals surface area contributed by atoms with E-state index in [1.54, 1.807) is 0 Å². The Kier molecular flexibility index (Phi) is 2.68. The first-order valence-corrected chi connectivity index (χ1v) is 3.78. The van der Waals surface area contributed by atoms with Crippen molar-refractivity contribution in [1.82, 2.24) is 5.32 Å². The molecule has 0 aromatic carbocycles. The number of nitrogens with two attached hydrogens (primary N) is 1. The number of hydrogen-bond acceptors (Lipinski definition) is 2. The SMILES string of the molecule is NC1CCC(NC=O)CC1. The van der Waals surface area contributed by atoms with Crippen molar-refractivity contribution >= 4 is 6.41 Å². The smallest absolute Gasteiger partial charge is 0.207 e. The molecule has 3 N–H and O–H groups in total. The van der Waals surface area contributed by atoms with Crippen LogP contribution < -0.4 is 11.1 Å². The maximum atomic E-state index is 10.0. The van der Waals surface area contributed by atoms with Gasteiger partial charge in [0.05, 0.1) is 0 Å². The third-order valence-corrected chi connectivity index (χ3v) is 2.08. The lowest BCUT2D eigenvalue weighted by Crippen LogP contribution is -2.36. The molecule has 0 unspecified atom stereocenters. The van der Waals surface area contributed by atoms with Gasteiger partial charge >= 0.3 is 0 Å². The fourth-order valence-electron chi connectivity index (χ4n) is 1.38. The number of nitrogens with one attached hydrogen (secondary N) is 1. The Morgan fingerprint density at radius 2 is 1.90 bits per heavy atom. The number of carbonyl (C=O) groups excluding carboxylic acids is 1. The molecule has 0 heterocycles. The molecule has 1 aliphatic rings. The molecule has 0 aromatic rings. The molecular formula is C7H14N2O. The van der Waals surface area contributed by atoms with E-state index >= 15 is 0 Å². The predicted molar refractivity (Wildman–Crippen MR) is 39.4 cm³/mol. The molecule has 1 rings (SSSR count). The van der Waals surface area contributed by atoms with Crippen LogP contribution in [0.25, 0.3) is 0 Å². The molecular weight excluding hydrogens is 128 g/mol. The van der Waals surface area contributed by atoms with Gasteiger partial charge in [-0.1, -0.05) is 0 Å². The number of carbonyl (C=O) groups is 1. The molecule has 0 aromatic heterocycles. The van der Waals surface area contributed by atoms with Gasteiger partial charge in [0.25, 0.3) is 0 Å². The van der Waals surface area contributed by atoms with Crippen LogP contribution in [0, 0.1) is 0 Å². The maximum Gasteiger partial charge on any atom is 0.207 e. The van der Waals surface area contributed by atoms with Gasteiger partial charge < -0.3 is 11.1 Å². The highest BCUT2D eigenvalue weighted by molar-refractivity contribution is 5.46. The predicted octanol–water partition coefficient (Wildman–Crippen LogP) is 0.00230. The highest BCUT2D eigenvalue weighted by Gasteiger charge is 2.16. The van der Waals surface area contributed by atoms with Gasteiger partial charge in [-0.05, 0) is 25.7 Å². The normalized spacial score (nSPS) is 33.3. The summed E-state index contributed by atoms with van der Waals surface area (Å²) in [5, 5.41) is 2.77. The number of amides is 1. The standard InChI is InChI=1S/C7H14N2O/c8-6-1-3-7(4-2-6)9-5-10/h5-7H,1-4,8H2,(H,9,10). The minimum absolute atomic E-state index is 0.365. The zero-order valence-corrected chi connectivity index (χ0v) is 6.05. The molecule has 10 heavy (non-hydrogen) atoms. The van der Waals surface area contributed by atoms with Crippen LogP contribution in [0.15, 0.2) is 0 Å². The summed E-state index contributed by atoms with van der Waals surface area (Å²) in [4.78, 5) is 10.0. The Morgan fingerprint density at radius 1 is 1.30 bits per heavy atom. The first-order chi connectivity index (χ1) is 4.83. The van der Waals surface area contributed by atoms with Crippen LogP contribution in [0.2, 0.25) is 0 Å². The van der Waals surface area contributed by atoms with E-state index in [0.717, 1.165) is 32.1 Å². The van der Waals surface area contributed by atoms with Gasteiger partial charge in [-0.25, -0.2) is 0 Å². The molecule has 0 bridgehead atoms. The van der Waals surface area contributed by atoms with Crippen molar-refractivity contribution in [2.24, 2.45) is 5.73 Å². The van der Waals surface area contributed by atoms with Gasteiger partial charge in [-0.2, -0.15) is 0 Å². The van der Waals surface area contributed by atoms with Crippen molar-refractivity contribution in [2.75, 3.05) is 0 Å². The van der Waals surface area contributed by atoms with Crippen LogP contribution in [-0.2, 0) is 4.79 Å². The van der Waals surface area contributed by atoms with Crippen LogP contribution in [0.5, 0.6) is 0 Å². The zero-order valence-electron chi connectivity index (χ0n) is 6.05. The Morgan fingerprint density at radius 3 is 2.40 bits per heavy atom. The molecule has 1 aliphatic carbocycles. The average molecular weight is 142 g/mol. The van der Waals surface area contributed by atoms with Crippen LogP contribution in [-0.4, -0.2) is 18.5 Å². The molecule has 1 saturated carbocycles. The van der Waals surface area contributed by atoms with E-state index in [1.807, 2.05) is 0 Å². The van der Waals surface area contributed by atoms with Gasteiger partial charge in [0.15, 0.2) is 0 Å². The third kappa shape index (κ3) is 1.99. The Balaban J connectivity index is 2.19. The zero-order chi connectivity index (χ0) is 7.40. The van der Waals surface area contributed by atoms with Gasteiger partial charge in [-0.15, -0.1) is 0 Å². The van der Waals surface area contributed by atoms with E-state index in [2.05, 4.69) is 5.32 Å². The molecule has 0 spiro atoms. The van der Waals surface area contributed by atoms with Gasteiger partial charge in [-0.3, -0.25) is 4.79 Å². The summed E-state index contributed by atoms with van der Waals surface area (Å²) in [6.07, 6.45) is 4.96. The topological polar surface area (TPSA) is 55.1 Å². The second-order valence-corrected chi connectivity index (χ2v) is 2.90. The molecule has 0 aliphatic heterocycles. The van der Waals surface area contributed by atoms with Crippen LogP contribution >= 0.6 is 0 Å². The maximum absolute atomic E-state index is 10.0. The second kappa shape index (κ2) is 3.56. The van der Waals surface area contributed by atoms with E-state index in [4.69, 9.17) is 5.73 Å². The van der Waals surface area contributed by atoms with E-state index < -0.39 is 0 Å². The fraction of sp³-hybridized carbons (Fsp3) is 0.857. The summed E-state index contributed by atoms with van der Waals surface area (Å²) in [7, 11) is 0. The lowest BCUT2D eigenvalue weighted by atomic mass is 9.92. The van der Waals surface area contributed by atoms with Crippen molar-refractivity contribution in [1.29, 1.82) is 0 Å². The first kappa shape index (κ1) is 7.54. The van der Waals surface area contributed by atoms with Gasteiger partial charge in [0.1, 0.15) is 0 Å². The molecule has 58 valence electrons. The summed E-state index contributed by atoms with van der Waals surface area (Å²) in [6, 6.07) is 0.752. The molecule has 3 nitrogen and oxygen atoms in total. The molecule has 0 saturated heterocycles. The van der Waals surface area contributed by atoms with E-state index in [0.29, 0.717) is 12.1 Å². The number of rotatable bonds is 2. The quantitative estimate of drug-likeness (QED) is 0.533. The highest BCUT2D eigenvalue weighted by Crippen LogP contribution is 2.15. The van der Waals surface area contributed by atoms with Crippen molar-refractivity contribution in [3.63, 3.8) is 0 Å². The lowest BCUT2D eigenvalue weighted by molar-refractivity contribution is -0.110. The van der Waals surface area contributed by atoms with Crippen molar-refractivity contribution < 1.29 is 4.79 Å². The molecule has 0 atom stereocenters. The fourth-order valence-corrected chi connectivity index (χ4v) is 1.38. The Hall–Kier alpha value is -0.570. The molecule has 1 amide bonds. The highest BCUT2D eigenvalue weighted by atomic mass is 16.1. The Bertz CT molecular complexity index is 108. The minimum atomic E-state index is 0.365. The van der Waals surface area contributed by atoms with E-state index in [9.17, 15) is 4.79 Å². The summed E-state index contributed by atoms with van der Waals surface area (Å²) >= 11 is 0. The largest absolute Gasteiger partial charge is 0.356 e. The van der Waals surface area contributed by atoms with E-state index in [1.165, 1.54) is 0 Å². The van der Waals surface area contributed by atoms with Crippen molar-refractivity contribution in [3.8, 4) is 0 Å². The minimum Gasteiger partial charge on any atom is -0.356 e. The summed E-state index contributed by atoms with van der Waals surface area (Å²) in [5.74, 6) is 0. The van der Waals surface area contributed by atoms with Gasteiger partial charge in [0, 0.05) is 12.1 Å². The monoisotopic (exact) mass is 142 g/mol. The summed E-state index contributed by atoms with van der Waals surface area (Å²) < 4.78 is 0.